The Labute approximate surface area is 111 Å². The van der Waals surface area contributed by atoms with Crippen LogP contribution in [0.2, 0.25) is 0 Å². The van der Waals surface area contributed by atoms with E-state index in [4.69, 9.17) is 9.47 Å². The first kappa shape index (κ1) is 13.0. The van der Waals surface area contributed by atoms with Crippen molar-refractivity contribution in [2.75, 3.05) is 13.2 Å². The van der Waals surface area contributed by atoms with Gasteiger partial charge in [-0.3, -0.25) is 9.69 Å². The Morgan fingerprint density at radius 3 is 2.84 bits per heavy atom. The number of nitrogens with zero attached hydrogens (tertiary/aromatic N) is 1. The molecule has 3 aliphatic heterocycles. The minimum atomic E-state index is -1.55. The maximum Gasteiger partial charge on any atom is 0.331 e. The monoisotopic (exact) mass is 271 g/mol. The zero-order valence-electron chi connectivity index (χ0n) is 11.3. The van der Waals surface area contributed by atoms with Crippen LogP contribution in [-0.4, -0.2) is 59.3 Å². The van der Waals surface area contributed by atoms with Gasteiger partial charge in [-0.2, -0.15) is 0 Å². The van der Waals surface area contributed by atoms with E-state index in [0.29, 0.717) is 0 Å². The molecular formula is C13H18FNO4. The van der Waals surface area contributed by atoms with Crippen LogP contribution in [0.4, 0.5) is 4.39 Å². The molecule has 3 fully saturated rings. The largest absolute Gasteiger partial charge is 0.458 e. The summed E-state index contributed by atoms with van der Waals surface area (Å²) in [5.41, 5.74) is -1.54. The van der Waals surface area contributed by atoms with Gasteiger partial charge in [0.25, 0.3) is 0 Å². The zero-order valence-corrected chi connectivity index (χ0v) is 11.3. The van der Waals surface area contributed by atoms with Gasteiger partial charge in [-0.05, 0) is 20.8 Å². The molecule has 0 aromatic heterocycles. The summed E-state index contributed by atoms with van der Waals surface area (Å²) in [6.07, 6.45) is -1.49. The van der Waals surface area contributed by atoms with E-state index in [1.165, 1.54) is 0 Å². The van der Waals surface area contributed by atoms with E-state index < -0.39 is 35.1 Å². The molecular weight excluding hydrogens is 253 g/mol. The highest BCUT2D eigenvalue weighted by Gasteiger charge is 2.76. The molecule has 0 amide bonds. The number of carbonyl (C=O) groups is 2. The highest BCUT2D eigenvalue weighted by atomic mass is 19.1. The number of alkyl halides is 1. The summed E-state index contributed by atoms with van der Waals surface area (Å²) in [6, 6.07) is -0.887. The standard InChI is InChI=1S/C13H18FNO4/c1-12(2,3)19-11(17)13-6-18-5-7-10(14)8(16)4-9(13)15(7)13/h7,9-10H,4-6H2,1-3H3/t7-,9?,10+,13?,15+/m1/s1. The van der Waals surface area contributed by atoms with Crippen molar-refractivity contribution < 1.29 is 23.5 Å². The summed E-state index contributed by atoms with van der Waals surface area (Å²) in [5, 5.41) is 0. The second-order valence-electron chi connectivity index (χ2n) is 6.50. The molecule has 3 rings (SSSR count). The summed E-state index contributed by atoms with van der Waals surface area (Å²) in [6.45, 7) is 5.70. The van der Waals surface area contributed by atoms with Gasteiger partial charge in [0.05, 0.1) is 19.3 Å². The van der Waals surface area contributed by atoms with Crippen LogP contribution in [0.25, 0.3) is 0 Å². The van der Waals surface area contributed by atoms with Gasteiger partial charge in [0.2, 0.25) is 0 Å². The highest BCUT2D eigenvalue weighted by Crippen LogP contribution is 2.53. The van der Waals surface area contributed by atoms with Crippen LogP contribution in [0.5, 0.6) is 0 Å². The average Bonchev–Trinajstić information content (AvgIpc) is 2.94. The second-order valence-corrected chi connectivity index (χ2v) is 6.50. The van der Waals surface area contributed by atoms with Crippen LogP contribution in [0.1, 0.15) is 27.2 Å². The predicted molar refractivity (Wildman–Crippen MR) is 63.3 cm³/mol. The van der Waals surface area contributed by atoms with Crippen LogP contribution >= 0.6 is 0 Å². The van der Waals surface area contributed by atoms with Crippen molar-refractivity contribution in [3.63, 3.8) is 0 Å². The van der Waals surface area contributed by atoms with E-state index in [1.807, 2.05) is 0 Å². The average molecular weight is 271 g/mol. The van der Waals surface area contributed by atoms with Crippen molar-refractivity contribution in [1.29, 1.82) is 0 Å². The lowest BCUT2D eigenvalue weighted by atomic mass is 9.99. The Hall–Kier alpha value is -1.01. The van der Waals surface area contributed by atoms with Gasteiger partial charge in [-0.15, -0.1) is 0 Å². The maximum atomic E-state index is 13.9. The van der Waals surface area contributed by atoms with E-state index in [-0.39, 0.29) is 25.7 Å². The molecule has 3 heterocycles. The summed E-state index contributed by atoms with van der Waals surface area (Å²) >= 11 is 0. The lowest BCUT2D eigenvalue weighted by Crippen LogP contribution is -2.51. The highest BCUT2D eigenvalue weighted by molar-refractivity contribution is 5.93. The Morgan fingerprint density at radius 2 is 2.21 bits per heavy atom. The van der Waals surface area contributed by atoms with Crippen LogP contribution in [0.15, 0.2) is 0 Å². The molecule has 19 heavy (non-hydrogen) atoms. The smallest absolute Gasteiger partial charge is 0.331 e. The molecule has 0 radical (unpaired) electrons. The van der Waals surface area contributed by atoms with Crippen molar-refractivity contribution in [2.24, 2.45) is 0 Å². The molecule has 0 aromatic rings. The number of piperidine rings is 1. The molecule has 5 atom stereocenters. The van der Waals surface area contributed by atoms with Crippen molar-refractivity contribution in [3.05, 3.63) is 0 Å². The van der Waals surface area contributed by atoms with Gasteiger partial charge in [0, 0.05) is 12.5 Å². The molecule has 3 saturated heterocycles. The zero-order chi connectivity index (χ0) is 14.0. The number of morpholine rings is 1. The van der Waals surface area contributed by atoms with Crippen molar-refractivity contribution >= 4 is 11.8 Å². The SMILES string of the molecule is CC(C)(C)OC(=O)C12COC[C@@H]3[C@H](F)C(=O)CC1[N@]32. The summed E-state index contributed by atoms with van der Waals surface area (Å²) < 4.78 is 24.6. The third-order valence-electron chi connectivity index (χ3n) is 4.04. The van der Waals surface area contributed by atoms with Crippen molar-refractivity contribution in [1.82, 2.24) is 4.90 Å². The lowest BCUT2D eigenvalue weighted by Gasteiger charge is -2.32. The number of halogens is 1. The predicted octanol–water partition coefficient (Wildman–Crippen LogP) is 0.461. The van der Waals surface area contributed by atoms with E-state index >= 15 is 0 Å². The fourth-order valence-electron chi connectivity index (χ4n) is 3.21. The summed E-state index contributed by atoms with van der Waals surface area (Å²) in [7, 11) is 0. The lowest BCUT2D eigenvalue weighted by molar-refractivity contribution is -0.165. The van der Waals surface area contributed by atoms with E-state index in [9.17, 15) is 14.0 Å². The third kappa shape index (κ3) is 1.73. The molecule has 5 nitrogen and oxygen atoms in total. The normalized spacial score (nSPS) is 44.5. The Morgan fingerprint density at radius 1 is 1.53 bits per heavy atom. The number of ether oxygens (including phenoxy) is 2. The first-order valence-electron chi connectivity index (χ1n) is 6.54. The molecule has 0 bridgehead atoms. The number of Topliss-reactive ketones (excluding diaryl/α,β-unsaturated/α-hetero) is 1. The number of fused-ring (bicyclic) bond motifs is 1. The Bertz CT molecular complexity index is 446. The van der Waals surface area contributed by atoms with Crippen LogP contribution < -0.4 is 0 Å². The Kier molecular flexibility index (Phi) is 2.57. The van der Waals surface area contributed by atoms with E-state index in [1.54, 1.807) is 25.7 Å². The minimum Gasteiger partial charge on any atom is -0.458 e. The topological polar surface area (TPSA) is 55.6 Å². The number of ketones is 1. The first-order chi connectivity index (χ1) is 8.77. The van der Waals surface area contributed by atoms with Crippen LogP contribution in [0, 0.1) is 0 Å². The molecule has 3 aliphatic rings. The van der Waals surface area contributed by atoms with Gasteiger partial charge in [0.1, 0.15) is 5.60 Å². The van der Waals surface area contributed by atoms with Gasteiger partial charge in [-0.1, -0.05) is 0 Å². The van der Waals surface area contributed by atoms with Gasteiger partial charge in [0.15, 0.2) is 17.5 Å². The first-order valence-corrected chi connectivity index (χ1v) is 6.54. The number of esters is 1. The van der Waals surface area contributed by atoms with Gasteiger partial charge < -0.3 is 9.47 Å². The Balaban J connectivity index is 1.86. The fraction of sp³-hybridized carbons (Fsp3) is 0.846. The molecule has 0 N–H and O–H groups in total. The van der Waals surface area contributed by atoms with Crippen molar-refractivity contribution in [3.8, 4) is 0 Å². The third-order valence-corrected chi connectivity index (χ3v) is 4.04. The number of hydrogen-bond acceptors (Lipinski definition) is 5. The quantitative estimate of drug-likeness (QED) is 0.512. The molecule has 6 heteroatoms. The van der Waals surface area contributed by atoms with Gasteiger partial charge in [-0.25, -0.2) is 9.18 Å². The van der Waals surface area contributed by atoms with E-state index in [0.717, 1.165) is 0 Å². The van der Waals surface area contributed by atoms with Crippen LogP contribution in [-0.2, 0) is 19.1 Å². The summed E-state index contributed by atoms with van der Waals surface area (Å²) in [5.74, 6) is -0.834. The second kappa shape index (κ2) is 3.76. The van der Waals surface area contributed by atoms with E-state index in [2.05, 4.69) is 0 Å². The molecule has 106 valence electrons. The summed E-state index contributed by atoms with van der Waals surface area (Å²) in [4.78, 5) is 25.7. The van der Waals surface area contributed by atoms with Gasteiger partial charge >= 0.3 is 5.97 Å². The van der Waals surface area contributed by atoms with Crippen molar-refractivity contribution in [2.45, 2.75) is 56.6 Å². The number of carbonyl (C=O) groups excluding carboxylic acids is 2. The molecule has 0 aliphatic carbocycles. The number of rotatable bonds is 1. The fourth-order valence-corrected chi connectivity index (χ4v) is 3.21. The maximum absolute atomic E-state index is 13.9. The molecule has 0 aromatic carbocycles. The number of hydrogen-bond donors (Lipinski definition) is 0. The van der Waals surface area contributed by atoms with Crippen LogP contribution in [0.3, 0.4) is 0 Å². The molecule has 2 unspecified atom stereocenters. The minimum absolute atomic E-state index is 0.0697. The molecule has 0 spiro atoms. The molecule has 0 saturated carbocycles.